The predicted molar refractivity (Wildman–Crippen MR) is 66.1 cm³/mol. The first-order valence-corrected chi connectivity index (χ1v) is 6.26. The largest absolute Gasteiger partial charge is 0.384 e. The molecule has 0 fully saturated rings. The van der Waals surface area contributed by atoms with Crippen LogP contribution in [0.2, 0.25) is 0 Å². The molecule has 2 nitrogen and oxygen atoms in total. The molecule has 0 radical (unpaired) electrons. The Morgan fingerprint density at radius 2 is 2.27 bits per heavy atom. The summed E-state index contributed by atoms with van der Waals surface area (Å²) >= 11 is 1.71. The van der Waals surface area contributed by atoms with E-state index in [1.165, 1.54) is 5.69 Å². The van der Waals surface area contributed by atoms with Crippen LogP contribution in [0.5, 0.6) is 0 Å². The molecule has 3 heteroatoms. The second kappa shape index (κ2) is 5.77. The summed E-state index contributed by atoms with van der Waals surface area (Å²) < 4.78 is 0. The third-order valence-electron chi connectivity index (χ3n) is 2.38. The van der Waals surface area contributed by atoms with Gasteiger partial charge in [-0.05, 0) is 38.1 Å². The van der Waals surface area contributed by atoms with Crippen molar-refractivity contribution < 1.29 is 0 Å². The van der Waals surface area contributed by atoms with Crippen LogP contribution in [0.25, 0.3) is 0 Å². The molecule has 0 saturated carbocycles. The zero-order chi connectivity index (χ0) is 11.1. The molecular formula is C12H18N2S. The lowest BCUT2D eigenvalue weighted by Crippen LogP contribution is -2.08. The molecule has 0 saturated heterocycles. The van der Waals surface area contributed by atoms with E-state index in [1.807, 2.05) is 13.8 Å². The normalized spacial score (nSPS) is 11.0. The molecule has 0 aliphatic carbocycles. The summed E-state index contributed by atoms with van der Waals surface area (Å²) in [7, 11) is 0. The molecule has 1 rings (SSSR count). The van der Waals surface area contributed by atoms with Crippen LogP contribution < -0.4 is 5.32 Å². The maximum absolute atomic E-state index is 8.84. The minimum atomic E-state index is -0.164. The maximum atomic E-state index is 8.84. The number of unbranched alkanes of at least 4 members (excludes halogenated alkanes) is 1. The van der Waals surface area contributed by atoms with Crippen LogP contribution in [0.4, 0.5) is 5.69 Å². The zero-order valence-corrected chi connectivity index (χ0v) is 10.2. The number of hydrogen-bond acceptors (Lipinski definition) is 3. The van der Waals surface area contributed by atoms with E-state index in [-0.39, 0.29) is 5.41 Å². The molecule has 15 heavy (non-hydrogen) atoms. The molecule has 0 bridgehead atoms. The Bertz CT molecular complexity index is 309. The van der Waals surface area contributed by atoms with Crippen molar-refractivity contribution in [1.82, 2.24) is 0 Å². The van der Waals surface area contributed by atoms with E-state index < -0.39 is 0 Å². The minimum Gasteiger partial charge on any atom is -0.384 e. The van der Waals surface area contributed by atoms with Gasteiger partial charge in [-0.1, -0.05) is 6.42 Å². The van der Waals surface area contributed by atoms with Crippen molar-refractivity contribution in [3.8, 4) is 6.07 Å². The number of nitrogens with zero attached hydrogens (tertiary/aromatic N) is 1. The number of rotatable bonds is 6. The highest BCUT2D eigenvalue weighted by molar-refractivity contribution is 7.08. The zero-order valence-electron chi connectivity index (χ0n) is 9.42. The van der Waals surface area contributed by atoms with Crippen molar-refractivity contribution in [1.29, 1.82) is 5.26 Å². The van der Waals surface area contributed by atoms with E-state index in [0.717, 1.165) is 25.8 Å². The van der Waals surface area contributed by atoms with Crippen molar-refractivity contribution in [3.05, 3.63) is 16.8 Å². The summed E-state index contributed by atoms with van der Waals surface area (Å²) in [5.74, 6) is 0. The topological polar surface area (TPSA) is 35.8 Å². The Hall–Kier alpha value is -1.01. The highest BCUT2D eigenvalue weighted by Gasteiger charge is 2.15. The molecule has 0 atom stereocenters. The Kier molecular flexibility index (Phi) is 4.64. The standard InChI is InChI=1S/C12H18N2S/c1-12(2,10-13)6-3-4-7-14-11-5-8-15-9-11/h5,8-9,14H,3-4,6-7H2,1-2H3. The number of hydrogen-bond donors (Lipinski definition) is 1. The summed E-state index contributed by atoms with van der Waals surface area (Å²) in [4.78, 5) is 0. The number of nitrogens with one attached hydrogen (secondary N) is 1. The van der Waals surface area contributed by atoms with E-state index in [0.29, 0.717) is 0 Å². The van der Waals surface area contributed by atoms with E-state index in [4.69, 9.17) is 5.26 Å². The first-order valence-electron chi connectivity index (χ1n) is 5.31. The van der Waals surface area contributed by atoms with Crippen LogP contribution in [0.15, 0.2) is 16.8 Å². The lowest BCUT2D eigenvalue weighted by Gasteiger charge is -2.14. The van der Waals surface area contributed by atoms with E-state index in [2.05, 4.69) is 28.2 Å². The predicted octanol–water partition coefficient (Wildman–Crippen LogP) is 3.88. The highest BCUT2D eigenvalue weighted by atomic mass is 32.1. The lowest BCUT2D eigenvalue weighted by molar-refractivity contribution is 0.430. The summed E-state index contributed by atoms with van der Waals surface area (Å²) in [5.41, 5.74) is 1.04. The number of thiophene rings is 1. The number of nitriles is 1. The van der Waals surface area contributed by atoms with Gasteiger partial charge in [-0.2, -0.15) is 16.6 Å². The maximum Gasteiger partial charge on any atom is 0.0683 e. The molecule has 0 spiro atoms. The molecule has 1 heterocycles. The van der Waals surface area contributed by atoms with Gasteiger partial charge in [-0.15, -0.1) is 0 Å². The van der Waals surface area contributed by atoms with Gasteiger partial charge < -0.3 is 5.32 Å². The third kappa shape index (κ3) is 4.85. The first-order chi connectivity index (χ1) is 7.14. The van der Waals surface area contributed by atoms with Gasteiger partial charge in [0, 0.05) is 17.6 Å². The Labute approximate surface area is 95.9 Å². The van der Waals surface area contributed by atoms with Crippen LogP contribution in [-0.2, 0) is 0 Å². The Morgan fingerprint density at radius 1 is 1.47 bits per heavy atom. The van der Waals surface area contributed by atoms with Crippen LogP contribution in [0.1, 0.15) is 33.1 Å². The van der Waals surface area contributed by atoms with E-state index in [9.17, 15) is 0 Å². The van der Waals surface area contributed by atoms with Crippen LogP contribution in [0, 0.1) is 16.7 Å². The molecule has 0 amide bonds. The molecule has 0 aromatic carbocycles. The van der Waals surface area contributed by atoms with Crippen molar-refractivity contribution in [2.45, 2.75) is 33.1 Å². The molecule has 1 aromatic heterocycles. The second-order valence-electron chi connectivity index (χ2n) is 4.39. The fourth-order valence-electron chi connectivity index (χ4n) is 1.35. The molecule has 0 aliphatic rings. The SMILES string of the molecule is CC(C)(C#N)CCCCNc1ccsc1. The molecule has 1 N–H and O–H groups in total. The van der Waals surface area contributed by atoms with Crippen molar-refractivity contribution >= 4 is 17.0 Å². The van der Waals surface area contributed by atoms with Crippen LogP contribution in [0.3, 0.4) is 0 Å². The third-order valence-corrected chi connectivity index (χ3v) is 3.06. The summed E-state index contributed by atoms with van der Waals surface area (Å²) in [6, 6.07) is 4.41. The van der Waals surface area contributed by atoms with Crippen molar-refractivity contribution in [3.63, 3.8) is 0 Å². The molecule has 1 aromatic rings. The Morgan fingerprint density at radius 3 is 2.87 bits per heavy atom. The molecule has 82 valence electrons. The van der Waals surface area contributed by atoms with Crippen LogP contribution in [-0.4, -0.2) is 6.54 Å². The summed E-state index contributed by atoms with van der Waals surface area (Å²) in [6.07, 6.45) is 3.22. The average molecular weight is 222 g/mol. The van der Waals surface area contributed by atoms with Gasteiger partial charge in [-0.25, -0.2) is 0 Å². The van der Waals surface area contributed by atoms with Gasteiger partial charge in [0.25, 0.3) is 0 Å². The smallest absolute Gasteiger partial charge is 0.0683 e. The van der Waals surface area contributed by atoms with E-state index in [1.54, 1.807) is 11.3 Å². The monoisotopic (exact) mass is 222 g/mol. The van der Waals surface area contributed by atoms with Crippen molar-refractivity contribution in [2.75, 3.05) is 11.9 Å². The second-order valence-corrected chi connectivity index (χ2v) is 5.17. The number of anilines is 1. The van der Waals surface area contributed by atoms with Gasteiger partial charge in [-0.3, -0.25) is 0 Å². The van der Waals surface area contributed by atoms with Gasteiger partial charge in [0.1, 0.15) is 0 Å². The minimum absolute atomic E-state index is 0.164. The first kappa shape index (κ1) is 12.1. The Balaban J connectivity index is 2.06. The lowest BCUT2D eigenvalue weighted by atomic mass is 9.89. The molecular weight excluding hydrogens is 204 g/mol. The fourth-order valence-corrected chi connectivity index (χ4v) is 1.96. The van der Waals surface area contributed by atoms with Gasteiger partial charge in [0.05, 0.1) is 11.5 Å². The quantitative estimate of drug-likeness (QED) is 0.741. The van der Waals surface area contributed by atoms with Gasteiger partial charge >= 0.3 is 0 Å². The van der Waals surface area contributed by atoms with Crippen molar-refractivity contribution in [2.24, 2.45) is 5.41 Å². The summed E-state index contributed by atoms with van der Waals surface area (Å²) in [5, 5.41) is 16.4. The molecule has 0 aliphatic heterocycles. The van der Waals surface area contributed by atoms with E-state index >= 15 is 0 Å². The molecule has 0 unspecified atom stereocenters. The fraction of sp³-hybridized carbons (Fsp3) is 0.583. The average Bonchev–Trinajstić information content (AvgIpc) is 2.70. The highest BCUT2D eigenvalue weighted by Crippen LogP contribution is 2.21. The summed E-state index contributed by atoms with van der Waals surface area (Å²) in [6.45, 7) is 5.00. The van der Waals surface area contributed by atoms with Gasteiger partial charge in [0.2, 0.25) is 0 Å². The van der Waals surface area contributed by atoms with Crippen LogP contribution >= 0.6 is 11.3 Å². The van der Waals surface area contributed by atoms with Gasteiger partial charge in [0.15, 0.2) is 0 Å².